The predicted octanol–water partition coefficient (Wildman–Crippen LogP) is 1.39. The first-order valence-corrected chi connectivity index (χ1v) is 7.67. The summed E-state index contributed by atoms with van der Waals surface area (Å²) in [6.45, 7) is 1.84. The molecular formula is C16H19N5O2. The van der Waals surface area contributed by atoms with Crippen molar-refractivity contribution in [2.75, 3.05) is 18.5 Å². The monoisotopic (exact) mass is 313 g/mol. The van der Waals surface area contributed by atoms with Crippen molar-refractivity contribution in [2.45, 2.75) is 25.5 Å². The van der Waals surface area contributed by atoms with Crippen LogP contribution in [0.5, 0.6) is 0 Å². The molecule has 1 atom stereocenters. The van der Waals surface area contributed by atoms with Crippen LogP contribution in [0, 0.1) is 0 Å². The molecule has 23 heavy (non-hydrogen) atoms. The third kappa shape index (κ3) is 4.46. The average Bonchev–Trinajstić information content (AvgIpc) is 3.13. The quantitative estimate of drug-likeness (QED) is 0.838. The summed E-state index contributed by atoms with van der Waals surface area (Å²) < 4.78 is 5.47. The predicted molar refractivity (Wildman–Crippen MR) is 84.9 cm³/mol. The Balaban J connectivity index is 1.49. The summed E-state index contributed by atoms with van der Waals surface area (Å²) in [5, 5.41) is 5.91. The van der Waals surface area contributed by atoms with Gasteiger partial charge in [0.2, 0.25) is 5.95 Å². The van der Waals surface area contributed by atoms with Gasteiger partial charge in [-0.05, 0) is 25.0 Å². The first-order valence-electron chi connectivity index (χ1n) is 7.67. The fraction of sp³-hybridized carbons (Fsp3) is 0.375. The smallest absolute Gasteiger partial charge is 0.254 e. The second-order valence-electron chi connectivity index (χ2n) is 5.32. The van der Waals surface area contributed by atoms with Gasteiger partial charge < -0.3 is 15.4 Å². The number of nitrogens with one attached hydrogen (secondary N) is 2. The Bertz CT molecular complexity index is 627. The lowest BCUT2D eigenvalue weighted by Crippen LogP contribution is -2.31. The molecule has 1 amide bonds. The topological polar surface area (TPSA) is 89.0 Å². The van der Waals surface area contributed by atoms with Crippen molar-refractivity contribution < 1.29 is 9.53 Å². The van der Waals surface area contributed by atoms with Crippen molar-refractivity contribution in [1.29, 1.82) is 0 Å². The van der Waals surface area contributed by atoms with E-state index >= 15 is 0 Å². The molecule has 0 saturated carbocycles. The van der Waals surface area contributed by atoms with Gasteiger partial charge in [-0.3, -0.25) is 9.78 Å². The van der Waals surface area contributed by atoms with E-state index in [1.807, 2.05) is 18.2 Å². The fourth-order valence-electron chi connectivity index (χ4n) is 2.32. The highest BCUT2D eigenvalue weighted by Gasteiger charge is 2.16. The molecule has 2 aromatic heterocycles. The van der Waals surface area contributed by atoms with E-state index in [1.165, 1.54) is 12.4 Å². The Labute approximate surface area is 134 Å². The van der Waals surface area contributed by atoms with Gasteiger partial charge in [0, 0.05) is 31.7 Å². The molecule has 7 nitrogen and oxygen atoms in total. The number of carbonyl (C=O) groups is 1. The van der Waals surface area contributed by atoms with E-state index in [9.17, 15) is 4.79 Å². The largest absolute Gasteiger partial charge is 0.376 e. The van der Waals surface area contributed by atoms with Crippen LogP contribution in [-0.2, 0) is 11.3 Å². The van der Waals surface area contributed by atoms with Crippen molar-refractivity contribution in [1.82, 2.24) is 20.3 Å². The number of carbonyl (C=O) groups excluding carboxylic acids is 1. The maximum atomic E-state index is 12.0. The molecule has 120 valence electrons. The van der Waals surface area contributed by atoms with Crippen LogP contribution in [0.3, 0.4) is 0 Å². The second-order valence-corrected chi connectivity index (χ2v) is 5.32. The Hall–Kier alpha value is -2.54. The van der Waals surface area contributed by atoms with Crippen LogP contribution in [0.2, 0.25) is 0 Å². The molecule has 2 aromatic rings. The highest BCUT2D eigenvalue weighted by atomic mass is 16.5. The highest BCUT2D eigenvalue weighted by molar-refractivity contribution is 5.93. The van der Waals surface area contributed by atoms with Crippen molar-refractivity contribution in [3.8, 4) is 0 Å². The van der Waals surface area contributed by atoms with Crippen LogP contribution < -0.4 is 10.6 Å². The molecule has 1 saturated heterocycles. The van der Waals surface area contributed by atoms with Crippen LogP contribution in [0.1, 0.15) is 28.9 Å². The lowest BCUT2D eigenvalue weighted by atomic mass is 10.2. The minimum absolute atomic E-state index is 0.124. The molecule has 7 heteroatoms. The Morgan fingerprint density at radius 3 is 2.83 bits per heavy atom. The molecule has 0 radical (unpaired) electrons. The standard InChI is InChI=1S/C16H19N5O2/c22-15(18-11-14-5-3-7-23-14)12-8-19-16(20-9-12)21-10-13-4-1-2-6-17-13/h1-2,4,6,8-9,14H,3,5,7,10-11H2,(H,18,22)(H,19,20,21). The normalized spacial score (nSPS) is 17.0. The van der Waals surface area contributed by atoms with Gasteiger partial charge in [0.05, 0.1) is 23.9 Å². The van der Waals surface area contributed by atoms with Gasteiger partial charge in [-0.2, -0.15) is 0 Å². The lowest BCUT2D eigenvalue weighted by Gasteiger charge is -2.10. The van der Waals surface area contributed by atoms with Crippen molar-refractivity contribution >= 4 is 11.9 Å². The summed E-state index contributed by atoms with van der Waals surface area (Å²) >= 11 is 0. The number of amides is 1. The Kier molecular flexibility index (Phi) is 5.10. The number of pyridine rings is 1. The molecule has 2 N–H and O–H groups in total. The summed E-state index contributed by atoms with van der Waals surface area (Å²) in [5.41, 5.74) is 1.33. The van der Waals surface area contributed by atoms with Crippen LogP contribution in [0.15, 0.2) is 36.8 Å². The van der Waals surface area contributed by atoms with Crippen molar-refractivity contribution in [3.05, 3.63) is 48.0 Å². The summed E-state index contributed by atoms with van der Waals surface area (Å²) in [5.74, 6) is 0.281. The Morgan fingerprint density at radius 2 is 2.13 bits per heavy atom. The molecular weight excluding hydrogens is 294 g/mol. The molecule has 1 aliphatic rings. The summed E-state index contributed by atoms with van der Waals surface area (Å²) in [6, 6.07) is 5.70. The van der Waals surface area contributed by atoms with Crippen LogP contribution in [-0.4, -0.2) is 40.1 Å². The molecule has 1 aliphatic heterocycles. The van der Waals surface area contributed by atoms with Gasteiger partial charge >= 0.3 is 0 Å². The molecule has 0 spiro atoms. The molecule has 0 bridgehead atoms. The van der Waals surface area contributed by atoms with Gasteiger partial charge in [0.15, 0.2) is 0 Å². The van der Waals surface area contributed by atoms with E-state index in [2.05, 4.69) is 25.6 Å². The fourth-order valence-corrected chi connectivity index (χ4v) is 2.32. The van der Waals surface area contributed by atoms with E-state index in [0.717, 1.165) is 25.1 Å². The molecule has 1 unspecified atom stereocenters. The number of hydrogen-bond donors (Lipinski definition) is 2. The van der Waals surface area contributed by atoms with E-state index in [0.29, 0.717) is 24.6 Å². The third-order valence-corrected chi connectivity index (χ3v) is 3.58. The zero-order valence-electron chi connectivity index (χ0n) is 12.7. The average molecular weight is 313 g/mol. The van der Waals surface area contributed by atoms with Gasteiger partial charge in [-0.15, -0.1) is 0 Å². The third-order valence-electron chi connectivity index (χ3n) is 3.58. The number of hydrogen-bond acceptors (Lipinski definition) is 6. The van der Waals surface area contributed by atoms with E-state index in [1.54, 1.807) is 6.20 Å². The molecule has 0 aromatic carbocycles. The van der Waals surface area contributed by atoms with Crippen LogP contribution in [0.25, 0.3) is 0 Å². The van der Waals surface area contributed by atoms with Crippen molar-refractivity contribution in [3.63, 3.8) is 0 Å². The SMILES string of the molecule is O=C(NCC1CCCO1)c1cnc(NCc2ccccn2)nc1. The Morgan fingerprint density at radius 1 is 1.26 bits per heavy atom. The zero-order chi connectivity index (χ0) is 15.9. The number of anilines is 1. The molecule has 3 rings (SSSR count). The minimum atomic E-state index is -0.184. The van der Waals surface area contributed by atoms with Gasteiger partial charge in [0.25, 0.3) is 5.91 Å². The summed E-state index contributed by atoms with van der Waals surface area (Å²) in [7, 11) is 0. The van der Waals surface area contributed by atoms with Crippen LogP contribution in [0.4, 0.5) is 5.95 Å². The zero-order valence-corrected chi connectivity index (χ0v) is 12.7. The first kappa shape index (κ1) is 15.4. The minimum Gasteiger partial charge on any atom is -0.376 e. The van der Waals surface area contributed by atoms with Gasteiger partial charge in [0.1, 0.15) is 0 Å². The lowest BCUT2D eigenvalue weighted by molar-refractivity contribution is 0.0857. The number of ether oxygens (including phenoxy) is 1. The maximum Gasteiger partial charge on any atom is 0.254 e. The summed E-state index contributed by atoms with van der Waals surface area (Å²) in [4.78, 5) is 24.5. The van der Waals surface area contributed by atoms with Crippen LogP contribution >= 0.6 is 0 Å². The molecule has 3 heterocycles. The van der Waals surface area contributed by atoms with Crippen molar-refractivity contribution in [2.24, 2.45) is 0 Å². The number of nitrogens with zero attached hydrogens (tertiary/aromatic N) is 3. The van der Waals surface area contributed by atoms with E-state index in [4.69, 9.17) is 4.74 Å². The maximum absolute atomic E-state index is 12.0. The first-order chi connectivity index (χ1) is 11.3. The molecule has 1 fully saturated rings. The number of rotatable bonds is 6. The second kappa shape index (κ2) is 7.64. The highest BCUT2D eigenvalue weighted by Crippen LogP contribution is 2.11. The van der Waals surface area contributed by atoms with Gasteiger partial charge in [-0.25, -0.2) is 9.97 Å². The number of aromatic nitrogens is 3. The molecule has 0 aliphatic carbocycles. The van der Waals surface area contributed by atoms with E-state index < -0.39 is 0 Å². The summed E-state index contributed by atoms with van der Waals surface area (Å²) in [6.07, 6.45) is 6.93. The van der Waals surface area contributed by atoms with E-state index in [-0.39, 0.29) is 12.0 Å². The van der Waals surface area contributed by atoms with Gasteiger partial charge in [-0.1, -0.05) is 6.07 Å².